The van der Waals surface area contributed by atoms with E-state index >= 15 is 0 Å². The van der Waals surface area contributed by atoms with Gasteiger partial charge in [-0.05, 0) is 102 Å². The first-order valence-corrected chi connectivity index (χ1v) is 17.4. The number of rotatable bonds is 13. The standard InChI is InChI=1S/C37H45N9O4/c38-24-26-6-10-29(11-7-26)36(48)41-33(37(49)40-32-14-12-28(13-15-32)34-42-44-45-43-34)22-25-4-8-27(9-5-25)30-2-1-3-31(23-30)35(47)39-16-17-46-18-20-50-21-19-46/h1-5,8-9,12-15,23,26,29,33H,6-7,10-11,16-22,24,38H2,(H,39,47)(H,40,49)(H,41,48)(H,42,43,44,45)/t26-,29-,33-/m0/s1. The largest absolute Gasteiger partial charge is 0.379 e. The Morgan fingerprint density at radius 2 is 1.66 bits per heavy atom. The molecular formula is C37H45N9O4. The minimum atomic E-state index is -0.789. The van der Waals surface area contributed by atoms with E-state index in [4.69, 9.17) is 10.5 Å². The molecule has 0 spiro atoms. The highest BCUT2D eigenvalue weighted by atomic mass is 16.5. The number of nitrogens with one attached hydrogen (secondary N) is 4. The van der Waals surface area contributed by atoms with Gasteiger partial charge in [0.2, 0.25) is 11.8 Å². The lowest BCUT2D eigenvalue weighted by Gasteiger charge is -2.28. The van der Waals surface area contributed by atoms with Crippen molar-refractivity contribution in [2.24, 2.45) is 17.6 Å². The van der Waals surface area contributed by atoms with E-state index in [-0.39, 0.29) is 23.6 Å². The summed E-state index contributed by atoms with van der Waals surface area (Å²) in [6.45, 7) is 5.22. The number of nitrogens with zero attached hydrogens (tertiary/aromatic N) is 4. The molecule has 3 amide bonds. The second-order valence-corrected chi connectivity index (χ2v) is 13.0. The molecule has 0 unspecified atom stereocenters. The summed E-state index contributed by atoms with van der Waals surface area (Å²) in [6.07, 6.45) is 3.66. The van der Waals surface area contributed by atoms with Crippen LogP contribution in [0.3, 0.4) is 0 Å². The number of hydrogen-bond acceptors (Lipinski definition) is 9. The minimum absolute atomic E-state index is 0.106. The summed E-state index contributed by atoms with van der Waals surface area (Å²) in [4.78, 5) is 42.3. The molecule has 13 heteroatoms. The van der Waals surface area contributed by atoms with Crippen LogP contribution in [-0.2, 0) is 20.7 Å². The number of carbonyl (C=O) groups excluding carboxylic acids is 3. The van der Waals surface area contributed by atoms with Crippen molar-refractivity contribution in [2.45, 2.75) is 38.1 Å². The van der Waals surface area contributed by atoms with E-state index in [0.29, 0.717) is 42.5 Å². The number of H-pyrrole nitrogens is 1. The number of benzene rings is 3. The van der Waals surface area contributed by atoms with Crippen LogP contribution in [0.25, 0.3) is 22.5 Å². The maximum atomic E-state index is 13.7. The predicted octanol–water partition coefficient (Wildman–Crippen LogP) is 3.03. The lowest BCUT2D eigenvalue weighted by atomic mass is 9.81. The second kappa shape index (κ2) is 17.1. The first kappa shape index (κ1) is 34.9. The van der Waals surface area contributed by atoms with E-state index in [1.807, 2.05) is 60.7 Å². The van der Waals surface area contributed by atoms with E-state index in [1.165, 1.54) is 0 Å². The number of morpholine rings is 1. The van der Waals surface area contributed by atoms with Crippen LogP contribution in [0.2, 0.25) is 0 Å². The maximum Gasteiger partial charge on any atom is 0.251 e. The van der Waals surface area contributed by atoms with Crippen LogP contribution in [0, 0.1) is 11.8 Å². The topological polar surface area (TPSA) is 180 Å². The van der Waals surface area contributed by atoms with E-state index < -0.39 is 6.04 Å². The van der Waals surface area contributed by atoms with Crippen molar-refractivity contribution in [3.05, 3.63) is 83.9 Å². The van der Waals surface area contributed by atoms with Gasteiger partial charge < -0.3 is 26.4 Å². The molecule has 1 saturated heterocycles. The van der Waals surface area contributed by atoms with E-state index in [1.54, 1.807) is 12.1 Å². The number of ether oxygens (including phenoxy) is 1. The normalized spacial score (nSPS) is 18.6. The molecule has 1 aliphatic heterocycles. The Labute approximate surface area is 291 Å². The van der Waals surface area contributed by atoms with E-state index in [0.717, 1.165) is 80.8 Å². The fourth-order valence-electron chi connectivity index (χ4n) is 6.54. The van der Waals surface area contributed by atoms with Crippen LogP contribution in [0.4, 0.5) is 5.69 Å². The van der Waals surface area contributed by atoms with Gasteiger partial charge in [0.15, 0.2) is 5.82 Å². The average Bonchev–Trinajstić information content (AvgIpc) is 3.71. The number of anilines is 1. The van der Waals surface area contributed by atoms with Crippen LogP contribution in [0.5, 0.6) is 0 Å². The Bertz CT molecular complexity index is 1700. The molecule has 0 radical (unpaired) electrons. The van der Waals surface area contributed by atoms with Gasteiger partial charge in [0.1, 0.15) is 6.04 Å². The Balaban J connectivity index is 1.10. The Hall–Kier alpha value is -4.98. The molecule has 0 bridgehead atoms. The first-order valence-electron chi connectivity index (χ1n) is 17.4. The number of nitrogens with two attached hydrogens (primary N) is 1. The molecule has 2 fully saturated rings. The highest BCUT2D eigenvalue weighted by Gasteiger charge is 2.29. The SMILES string of the molecule is NC[C@H]1CC[C@H](C(=O)N[C@@H](Cc2ccc(-c3cccc(C(=O)NCCN4CCOCC4)c3)cc2)C(=O)Nc2ccc(-c3nnn[nH]3)cc2)CC1. The second-order valence-electron chi connectivity index (χ2n) is 13.0. The van der Waals surface area contributed by atoms with Gasteiger partial charge in [-0.1, -0.05) is 36.4 Å². The van der Waals surface area contributed by atoms with Crippen molar-refractivity contribution in [3.8, 4) is 22.5 Å². The van der Waals surface area contributed by atoms with Crippen LogP contribution in [0.15, 0.2) is 72.8 Å². The maximum absolute atomic E-state index is 13.7. The summed E-state index contributed by atoms with van der Waals surface area (Å²) in [5, 5.41) is 22.9. The lowest BCUT2D eigenvalue weighted by Crippen LogP contribution is -2.48. The molecule has 6 N–H and O–H groups in total. The molecule has 1 aromatic heterocycles. The fourth-order valence-corrected chi connectivity index (χ4v) is 6.54. The third kappa shape index (κ3) is 9.37. The Morgan fingerprint density at radius 1 is 0.920 bits per heavy atom. The Morgan fingerprint density at radius 3 is 2.36 bits per heavy atom. The number of hydrogen-bond donors (Lipinski definition) is 5. The summed E-state index contributed by atoms with van der Waals surface area (Å²) >= 11 is 0. The molecule has 4 aromatic rings. The van der Waals surface area contributed by atoms with Crippen molar-refractivity contribution in [1.29, 1.82) is 0 Å². The molecule has 1 atom stereocenters. The van der Waals surface area contributed by atoms with Gasteiger partial charge in [0.05, 0.1) is 13.2 Å². The third-order valence-electron chi connectivity index (χ3n) is 9.62. The summed E-state index contributed by atoms with van der Waals surface area (Å²) in [5.41, 5.74) is 10.6. The molecule has 262 valence electrons. The fraction of sp³-hybridized carbons (Fsp3) is 0.405. The molecule has 6 rings (SSSR count). The lowest BCUT2D eigenvalue weighted by molar-refractivity contribution is -0.130. The number of aromatic amines is 1. The summed E-state index contributed by atoms with van der Waals surface area (Å²) < 4.78 is 5.40. The minimum Gasteiger partial charge on any atom is -0.379 e. The number of tetrazole rings is 1. The highest BCUT2D eigenvalue weighted by Crippen LogP contribution is 2.29. The molecule has 2 heterocycles. The zero-order valence-corrected chi connectivity index (χ0v) is 28.1. The summed E-state index contributed by atoms with van der Waals surface area (Å²) in [7, 11) is 0. The quantitative estimate of drug-likeness (QED) is 0.142. The monoisotopic (exact) mass is 679 g/mol. The number of carbonyl (C=O) groups is 3. The molecule has 1 aliphatic carbocycles. The molecule has 3 aromatic carbocycles. The average molecular weight is 680 g/mol. The van der Waals surface area contributed by atoms with Crippen molar-refractivity contribution in [1.82, 2.24) is 36.2 Å². The van der Waals surface area contributed by atoms with Gasteiger partial charge in [-0.15, -0.1) is 5.10 Å². The first-order chi connectivity index (χ1) is 24.4. The zero-order valence-electron chi connectivity index (χ0n) is 28.1. The van der Waals surface area contributed by atoms with Gasteiger partial charge in [-0.2, -0.15) is 0 Å². The van der Waals surface area contributed by atoms with Crippen molar-refractivity contribution < 1.29 is 19.1 Å². The van der Waals surface area contributed by atoms with Gasteiger partial charge in [-0.25, -0.2) is 5.10 Å². The van der Waals surface area contributed by atoms with E-state index in [9.17, 15) is 14.4 Å². The van der Waals surface area contributed by atoms with Gasteiger partial charge in [0, 0.05) is 55.3 Å². The van der Waals surface area contributed by atoms with Crippen LogP contribution < -0.4 is 21.7 Å². The third-order valence-corrected chi connectivity index (χ3v) is 9.62. The number of aromatic nitrogens is 4. The molecule has 1 saturated carbocycles. The molecule has 13 nitrogen and oxygen atoms in total. The number of amides is 3. The van der Waals surface area contributed by atoms with E-state index in [2.05, 4.69) is 41.5 Å². The van der Waals surface area contributed by atoms with Crippen molar-refractivity contribution in [2.75, 3.05) is 51.3 Å². The van der Waals surface area contributed by atoms with Crippen LogP contribution >= 0.6 is 0 Å². The zero-order chi connectivity index (χ0) is 34.7. The van der Waals surface area contributed by atoms with Gasteiger partial charge >= 0.3 is 0 Å². The smallest absolute Gasteiger partial charge is 0.251 e. The predicted molar refractivity (Wildman–Crippen MR) is 190 cm³/mol. The van der Waals surface area contributed by atoms with Crippen LogP contribution in [0.1, 0.15) is 41.6 Å². The summed E-state index contributed by atoms with van der Waals surface area (Å²) in [5.74, 6) is 0.305. The van der Waals surface area contributed by atoms with Gasteiger partial charge in [0.25, 0.3) is 5.91 Å². The molecule has 50 heavy (non-hydrogen) atoms. The van der Waals surface area contributed by atoms with Gasteiger partial charge in [-0.3, -0.25) is 19.3 Å². The summed E-state index contributed by atoms with van der Waals surface area (Å²) in [6, 6.07) is 21.8. The Kier molecular flexibility index (Phi) is 11.9. The van der Waals surface area contributed by atoms with Crippen molar-refractivity contribution >= 4 is 23.4 Å². The van der Waals surface area contributed by atoms with Crippen molar-refractivity contribution in [3.63, 3.8) is 0 Å². The highest BCUT2D eigenvalue weighted by molar-refractivity contribution is 5.98. The van der Waals surface area contributed by atoms with Crippen LogP contribution in [-0.4, -0.2) is 95.2 Å². The molecule has 2 aliphatic rings. The molecular weight excluding hydrogens is 634 g/mol.